The molecular weight excluding hydrogens is 336 g/mol. The molecule has 1 aliphatic rings. The highest BCUT2D eigenvalue weighted by Crippen LogP contribution is 2.19. The summed E-state index contributed by atoms with van der Waals surface area (Å²) in [6, 6.07) is 3.98. The van der Waals surface area contributed by atoms with Gasteiger partial charge < -0.3 is 9.80 Å². The van der Waals surface area contributed by atoms with Gasteiger partial charge in [0.2, 0.25) is 11.6 Å². The van der Waals surface area contributed by atoms with E-state index in [1.165, 1.54) is 0 Å². The molecule has 7 nitrogen and oxygen atoms in total. The molecule has 1 amide bonds. The van der Waals surface area contributed by atoms with E-state index < -0.39 is 0 Å². The molecule has 25 heavy (non-hydrogen) atoms. The average molecular weight is 354 g/mol. The molecule has 0 radical (unpaired) electrons. The van der Waals surface area contributed by atoms with Gasteiger partial charge in [-0.25, -0.2) is 4.98 Å². The van der Waals surface area contributed by atoms with Gasteiger partial charge in [0.05, 0.1) is 0 Å². The number of hydrogen-bond acceptors (Lipinski definition) is 6. The minimum absolute atomic E-state index is 0.0533. The van der Waals surface area contributed by atoms with E-state index in [4.69, 9.17) is 0 Å². The normalized spacial score (nSPS) is 15.4. The first-order chi connectivity index (χ1) is 12.2. The summed E-state index contributed by atoms with van der Waals surface area (Å²) in [4.78, 5) is 21.9. The zero-order chi connectivity index (χ0) is 17.2. The zero-order valence-electron chi connectivity index (χ0n) is 13.9. The molecule has 0 N–H and O–H groups in total. The van der Waals surface area contributed by atoms with E-state index in [2.05, 4.69) is 20.1 Å². The van der Waals surface area contributed by atoms with E-state index in [-0.39, 0.29) is 5.91 Å². The van der Waals surface area contributed by atoms with Crippen LogP contribution in [0, 0.1) is 6.92 Å². The van der Waals surface area contributed by atoms with E-state index in [9.17, 15) is 4.79 Å². The summed E-state index contributed by atoms with van der Waals surface area (Å²) in [5.74, 6) is 1.72. The van der Waals surface area contributed by atoms with Crippen LogP contribution >= 0.6 is 11.3 Å². The van der Waals surface area contributed by atoms with Crippen LogP contribution < -0.4 is 4.90 Å². The number of rotatable bonds is 3. The third-order valence-corrected chi connectivity index (χ3v) is 5.14. The maximum atomic E-state index is 12.3. The van der Waals surface area contributed by atoms with Gasteiger partial charge in [-0.1, -0.05) is 6.07 Å². The Morgan fingerprint density at radius 2 is 2.08 bits per heavy atom. The fourth-order valence-corrected chi connectivity index (χ4v) is 3.55. The number of fused-ring (bicyclic) bond motifs is 1. The van der Waals surface area contributed by atoms with Crippen LogP contribution in [0.2, 0.25) is 0 Å². The molecule has 3 aromatic heterocycles. The first-order valence-electron chi connectivity index (χ1n) is 8.14. The molecule has 1 fully saturated rings. The summed E-state index contributed by atoms with van der Waals surface area (Å²) in [6.07, 6.45) is 7.16. The maximum absolute atomic E-state index is 12.3. The number of aromatic nitrogens is 4. The fraction of sp³-hybridized carbons (Fsp3) is 0.294. The van der Waals surface area contributed by atoms with E-state index in [1.54, 1.807) is 23.6 Å². The summed E-state index contributed by atoms with van der Waals surface area (Å²) < 4.78 is 1.93. The lowest BCUT2D eigenvalue weighted by Gasteiger charge is -2.34. The Kier molecular flexibility index (Phi) is 4.19. The van der Waals surface area contributed by atoms with Crippen LogP contribution in [0.15, 0.2) is 36.0 Å². The van der Waals surface area contributed by atoms with Gasteiger partial charge in [0.25, 0.3) is 0 Å². The number of hydrogen-bond donors (Lipinski definition) is 0. The van der Waals surface area contributed by atoms with Crippen LogP contribution in [-0.2, 0) is 4.79 Å². The van der Waals surface area contributed by atoms with Crippen molar-refractivity contribution >= 4 is 34.8 Å². The Bertz CT molecular complexity index is 909. The Morgan fingerprint density at radius 3 is 2.84 bits per heavy atom. The quantitative estimate of drug-likeness (QED) is 0.672. The topological polar surface area (TPSA) is 66.6 Å². The predicted molar refractivity (Wildman–Crippen MR) is 97.7 cm³/mol. The highest BCUT2D eigenvalue weighted by molar-refractivity contribution is 7.10. The second-order valence-electron chi connectivity index (χ2n) is 5.85. The van der Waals surface area contributed by atoms with Crippen molar-refractivity contribution in [1.82, 2.24) is 24.5 Å². The molecule has 3 aromatic rings. The van der Waals surface area contributed by atoms with E-state index >= 15 is 0 Å². The summed E-state index contributed by atoms with van der Waals surface area (Å²) in [6.45, 7) is 4.72. The standard InChI is InChI=1S/C17H18N6OS/c1-13-19-20-17-16(18-6-7-23(13)17)22-10-8-21(9-11-22)15(24)5-4-14-3-2-12-25-14/h2-7,12H,8-11H2,1H3. The predicted octanol–water partition coefficient (Wildman–Crippen LogP) is 1.86. The van der Waals surface area contributed by atoms with E-state index in [0.717, 1.165) is 35.3 Å². The lowest BCUT2D eigenvalue weighted by Crippen LogP contribution is -2.48. The summed E-state index contributed by atoms with van der Waals surface area (Å²) in [5, 5.41) is 10.3. The number of thiophene rings is 1. The van der Waals surface area contributed by atoms with Crippen LogP contribution in [0.4, 0.5) is 5.82 Å². The summed E-state index contributed by atoms with van der Waals surface area (Å²) in [7, 11) is 0. The first-order valence-corrected chi connectivity index (χ1v) is 9.02. The smallest absolute Gasteiger partial charge is 0.246 e. The van der Waals surface area contributed by atoms with Gasteiger partial charge in [-0.2, -0.15) is 0 Å². The molecule has 0 unspecified atom stereocenters. The minimum Gasteiger partial charge on any atom is -0.350 e. The molecule has 0 aromatic carbocycles. The number of amides is 1. The lowest BCUT2D eigenvalue weighted by molar-refractivity contribution is -0.126. The van der Waals surface area contributed by atoms with Crippen LogP contribution in [0.1, 0.15) is 10.7 Å². The second kappa shape index (κ2) is 6.64. The van der Waals surface area contributed by atoms with Crippen molar-refractivity contribution < 1.29 is 4.79 Å². The molecule has 4 heterocycles. The third-order valence-electron chi connectivity index (χ3n) is 4.30. The van der Waals surface area contributed by atoms with Gasteiger partial charge in [0, 0.05) is 49.5 Å². The van der Waals surface area contributed by atoms with Crippen molar-refractivity contribution in [3.8, 4) is 0 Å². The van der Waals surface area contributed by atoms with Gasteiger partial charge in [-0.15, -0.1) is 21.5 Å². The van der Waals surface area contributed by atoms with Gasteiger partial charge in [-0.05, 0) is 24.4 Å². The Hall–Kier alpha value is -2.74. The van der Waals surface area contributed by atoms with Crippen LogP contribution in [0.3, 0.4) is 0 Å². The number of piperazine rings is 1. The van der Waals surface area contributed by atoms with Gasteiger partial charge in [0.15, 0.2) is 5.82 Å². The highest BCUT2D eigenvalue weighted by atomic mass is 32.1. The van der Waals surface area contributed by atoms with Crippen molar-refractivity contribution in [3.05, 3.63) is 46.7 Å². The molecule has 0 spiro atoms. The fourth-order valence-electron chi connectivity index (χ4n) is 2.94. The molecule has 0 atom stereocenters. The SMILES string of the molecule is Cc1nnc2c(N3CCN(C(=O)C=Cc4cccs4)CC3)nccn12. The average Bonchev–Trinajstić information content (AvgIpc) is 3.30. The van der Waals surface area contributed by atoms with Crippen molar-refractivity contribution in [2.45, 2.75) is 6.92 Å². The molecule has 128 valence electrons. The summed E-state index contributed by atoms with van der Waals surface area (Å²) in [5.41, 5.74) is 0.761. The van der Waals surface area contributed by atoms with Crippen molar-refractivity contribution in [2.24, 2.45) is 0 Å². The third kappa shape index (κ3) is 3.12. The Balaban J connectivity index is 1.43. The van der Waals surface area contributed by atoms with Crippen LogP contribution in [-0.4, -0.2) is 56.6 Å². The molecule has 1 aliphatic heterocycles. The van der Waals surface area contributed by atoms with Gasteiger partial charge >= 0.3 is 0 Å². The largest absolute Gasteiger partial charge is 0.350 e. The number of carbonyl (C=O) groups is 1. The lowest BCUT2D eigenvalue weighted by atomic mass is 10.3. The molecular formula is C17H18N6OS. The second-order valence-corrected chi connectivity index (χ2v) is 6.83. The zero-order valence-corrected chi connectivity index (χ0v) is 14.7. The highest BCUT2D eigenvalue weighted by Gasteiger charge is 2.23. The van der Waals surface area contributed by atoms with Crippen molar-refractivity contribution in [1.29, 1.82) is 0 Å². The number of anilines is 1. The number of carbonyl (C=O) groups excluding carboxylic acids is 1. The molecule has 1 saturated heterocycles. The van der Waals surface area contributed by atoms with Gasteiger partial charge in [0.1, 0.15) is 5.82 Å². The minimum atomic E-state index is 0.0533. The number of aryl methyl sites for hydroxylation is 1. The molecule has 4 rings (SSSR count). The van der Waals surface area contributed by atoms with Crippen molar-refractivity contribution in [2.75, 3.05) is 31.1 Å². The van der Waals surface area contributed by atoms with Crippen LogP contribution in [0.25, 0.3) is 11.7 Å². The Labute approximate surface area is 149 Å². The number of nitrogens with zero attached hydrogens (tertiary/aromatic N) is 6. The summed E-state index contributed by atoms with van der Waals surface area (Å²) >= 11 is 1.62. The molecule has 0 saturated carbocycles. The first kappa shape index (κ1) is 15.8. The van der Waals surface area contributed by atoms with E-state index in [0.29, 0.717) is 13.1 Å². The van der Waals surface area contributed by atoms with Crippen molar-refractivity contribution in [3.63, 3.8) is 0 Å². The maximum Gasteiger partial charge on any atom is 0.246 e. The van der Waals surface area contributed by atoms with Gasteiger partial charge in [-0.3, -0.25) is 9.20 Å². The Morgan fingerprint density at radius 1 is 1.24 bits per heavy atom. The van der Waals surface area contributed by atoms with E-state index in [1.807, 2.05) is 46.0 Å². The molecule has 0 aliphatic carbocycles. The molecule has 0 bridgehead atoms. The monoisotopic (exact) mass is 354 g/mol. The molecule has 8 heteroatoms. The van der Waals surface area contributed by atoms with Crippen LogP contribution in [0.5, 0.6) is 0 Å².